The van der Waals surface area contributed by atoms with Crippen molar-refractivity contribution in [2.75, 3.05) is 12.3 Å². The molecule has 5 heteroatoms. The minimum atomic E-state index is -1.06. The second-order valence-corrected chi connectivity index (χ2v) is 5.55. The molecule has 0 unspecified atom stereocenters. The number of rotatable bonds is 10. The Labute approximate surface area is 131 Å². The monoisotopic (exact) mass is 313 g/mol. The molecular weight excluding hydrogens is 290 g/mol. The van der Waals surface area contributed by atoms with Crippen molar-refractivity contribution in [2.45, 2.75) is 51.9 Å². The van der Waals surface area contributed by atoms with Crippen LogP contribution in [0.5, 0.6) is 5.75 Å². The Morgan fingerprint density at radius 1 is 1.19 bits per heavy atom. The molecule has 0 aliphatic carbocycles. The Kier molecular flexibility index (Phi) is 7.98. The largest absolute Gasteiger partial charge is 0.493 e. The topological polar surface area (TPSA) is 72.5 Å². The Hall–Kier alpha value is -1.42. The summed E-state index contributed by atoms with van der Waals surface area (Å²) in [6.07, 6.45) is 8.28. The van der Waals surface area contributed by atoms with Crippen LogP contribution in [0.15, 0.2) is 12.1 Å². The fourth-order valence-corrected chi connectivity index (χ4v) is 2.26. The molecule has 0 spiro atoms. The fourth-order valence-electron chi connectivity index (χ4n) is 2.10. The van der Waals surface area contributed by atoms with Crippen LogP contribution in [0.2, 0.25) is 5.02 Å². The third-order valence-corrected chi connectivity index (χ3v) is 3.66. The van der Waals surface area contributed by atoms with Crippen LogP contribution in [0, 0.1) is 0 Å². The Balaban J connectivity index is 2.38. The summed E-state index contributed by atoms with van der Waals surface area (Å²) in [5, 5.41) is 9.36. The number of ether oxygens (including phenoxy) is 1. The molecule has 0 fully saturated rings. The van der Waals surface area contributed by atoms with Crippen LogP contribution in [0.4, 0.5) is 5.69 Å². The van der Waals surface area contributed by atoms with Gasteiger partial charge in [-0.1, -0.05) is 57.0 Å². The molecule has 1 aromatic carbocycles. The first-order valence-corrected chi connectivity index (χ1v) is 7.89. The maximum Gasteiger partial charge on any atom is 0.339 e. The molecule has 1 aromatic rings. The molecule has 0 aliphatic rings. The summed E-state index contributed by atoms with van der Waals surface area (Å²) >= 11 is 5.83. The predicted molar refractivity (Wildman–Crippen MR) is 86.3 cm³/mol. The number of halogens is 1. The third kappa shape index (κ3) is 6.25. The Morgan fingerprint density at radius 2 is 1.81 bits per heavy atom. The van der Waals surface area contributed by atoms with Crippen LogP contribution in [-0.2, 0) is 0 Å². The average molecular weight is 314 g/mol. The smallest absolute Gasteiger partial charge is 0.339 e. The molecule has 0 aromatic heterocycles. The van der Waals surface area contributed by atoms with Crippen molar-refractivity contribution < 1.29 is 14.6 Å². The highest BCUT2D eigenvalue weighted by Crippen LogP contribution is 2.29. The van der Waals surface area contributed by atoms with Crippen LogP contribution < -0.4 is 10.5 Å². The zero-order valence-corrected chi connectivity index (χ0v) is 13.3. The van der Waals surface area contributed by atoms with Crippen LogP contribution in [-0.4, -0.2) is 17.7 Å². The van der Waals surface area contributed by atoms with Crippen molar-refractivity contribution in [3.05, 3.63) is 22.7 Å². The SMILES string of the molecule is CCCCCCCCCOc1cc(N)c(Cl)cc1C(=O)O. The molecule has 118 valence electrons. The third-order valence-electron chi connectivity index (χ3n) is 3.33. The highest BCUT2D eigenvalue weighted by molar-refractivity contribution is 6.33. The van der Waals surface area contributed by atoms with E-state index in [1.54, 1.807) is 0 Å². The van der Waals surface area contributed by atoms with Gasteiger partial charge in [0.25, 0.3) is 0 Å². The number of hydrogen-bond acceptors (Lipinski definition) is 3. The normalized spacial score (nSPS) is 10.6. The predicted octanol–water partition coefficient (Wildman–Crippen LogP) is 4.75. The molecule has 21 heavy (non-hydrogen) atoms. The number of hydrogen-bond donors (Lipinski definition) is 2. The van der Waals surface area contributed by atoms with Gasteiger partial charge in [0.05, 0.1) is 17.3 Å². The molecule has 0 aliphatic heterocycles. The molecular formula is C16H24ClNO3. The van der Waals surface area contributed by atoms with Gasteiger partial charge in [-0.2, -0.15) is 0 Å². The lowest BCUT2D eigenvalue weighted by molar-refractivity contribution is 0.0692. The van der Waals surface area contributed by atoms with E-state index in [0.29, 0.717) is 12.3 Å². The molecule has 0 atom stereocenters. The van der Waals surface area contributed by atoms with Crippen LogP contribution in [0.1, 0.15) is 62.2 Å². The van der Waals surface area contributed by atoms with Crippen molar-refractivity contribution in [3.8, 4) is 5.75 Å². The van der Waals surface area contributed by atoms with E-state index in [-0.39, 0.29) is 16.3 Å². The van der Waals surface area contributed by atoms with Crippen molar-refractivity contribution in [3.63, 3.8) is 0 Å². The van der Waals surface area contributed by atoms with E-state index in [2.05, 4.69) is 6.92 Å². The van der Waals surface area contributed by atoms with Crippen molar-refractivity contribution in [1.82, 2.24) is 0 Å². The summed E-state index contributed by atoms with van der Waals surface area (Å²) < 4.78 is 5.54. The van der Waals surface area contributed by atoms with E-state index in [9.17, 15) is 4.79 Å². The van der Waals surface area contributed by atoms with Gasteiger partial charge in [0.2, 0.25) is 0 Å². The zero-order valence-electron chi connectivity index (χ0n) is 12.5. The first-order valence-electron chi connectivity index (χ1n) is 7.51. The summed E-state index contributed by atoms with van der Waals surface area (Å²) in [7, 11) is 0. The molecule has 0 saturated heterocycles. The number of nitrogen functional groups attached to an aromatic ring is 1. The quantitative estimate of drug-likeness (QED) is 0.483. The number of anilines is 1. The number of carboxylic acids is 1. The first kappa shape index (κ1) is 17.6. The van der Waals surface area contributed by atoms with Crippen LogP contribution in [0.25, 0.3) is 0 Å². The minimum Gasteiger partial charge on any atom is -0.493 e. The Morgan fingerprint density at radius 3 is 2.43 bits per heavy atom. The summed E-state index contributed by atoms with van der Waals surface area (Å²) in [6, 6.07) is 2.81. The number of benzene rings is 1. The highest BCUT2D eigenvalue weighted by atomic mass is 35.5. The number of carbonyl (C=O) groups is 1. The van der Waals surface area contributed by atoms with Crippen LogP contribution in [0.3, 0.4) is 0 Å². The van der Waals surface area contributed by atoms with Crippen molar-refractivity contribution >= 4 is 23.3 Å². The number of unbranched alkanes of at least 4 members (excludes halogenated alkanes) is 6. The molecule has 1 rings (SSSR count). The van der Waals surface area contributed by atoms with Gasteiger partial charge >= 0.3 is 5.97 Å². The second kappa shape index (κ2) is 9.50. The van der Waals surface area contributed by atoms with Gasteiger partial charge in [0.15, 0.2) is 0 Å². The van der Waals surface area contributed by atoms with Crippen molar-refractivity contribution in [1.29, 1.82) is 0 Å². The zero-order chi connectivity index (χ0) is 15.7. The van der Waals surface area contributed by atoms with E-state index >= 15 is 0 Å². The summed E-state index contributed by atoms with van der Waals surface area (Å²) in [5.74, 6) is -0.776. The van der Waals surface area contributed by atoms with Gasteiger partial charge in [-0.25, -0.2) is 4.79 Å². The molecule has 4 nitrogen and oxygen atoms in total. The summed E-state index contributed by atoms with van der Waals surface area (Å²) in [4.78, 5) is 11.1. The molecule has 0 amide bonds. The molecule has 0 bridgehead atoms. The molecule has 0 radical (unpaired) electrons. The molecule has 3 N–H and O–H groups in total. The van der Waals surface area contributed by atoms with Gasteiger partial charge in [0.1, 0.15) is 11.3 Å². The summed E-state index contributed by atoms with van der Waals surface area (Å²) in [5.41, 5.74) is 6.07. The van der Waals surface area contributed by atoms with Gasteiger partial charge in [-0.05, 0) is 12.5 Å². The van der Waals surface area contributed by atoms with Gasteiger partial charge in [-0.3, -0.25) is 0 Å². The lowest BCUT2D eigenvalue weighted by Crippen LogP contribution is -2.06. The first-order chi connectivity index (χ1) is 10.1. The number of nitrogens with two attached hydrogens (primary N) is 1. The maximum atomic E-state index is 11.1. The van der Waals surface area contributed by atoms with E-state index in [1.807, 2.05) is 0 Å². The standard InChI is InChI=1S/C16H24ClNO3/c1-2-3-4-5-6-7-8-9-21-15-11-14(18)13(17)10-12(15)16(19)20/h10-11H,2-9,18H2,1H3,(H,19,20). The maximum absolute atomic E-state index is 11.1. The number of carboxylic acid groups (broad SMARTS) is 1. The van der Waals surface area contributed by atoms with Gasteiger partial charge in [-0.15, -0.1) is 0 Å². The van der Waals surface area contributed by atoms with E-state index < -0.39 is 5.97 Å². The lowest BCUT2D eigenvalue weighted by Gasteiger charge is -2.11. The van der Waals surface area contributed by atoms with E-state index in [1.165, 1.54) is 44.2 Å². The summed E-state index contributed by atoms with van der Waals surface area (Å²) in [6.45, 7) is 2.70. The number of aromatic carboxylic acids is 1. The Bertz CT molecular complexity index is 463. The highest BCUT2D eigenvalue weighted by Gasteiger charge is 2.14. The fraction of sp³-hybridized carbons (Fsp3) is 0.562. The van der Waals surface area contributed by atoms with Gasteiger partial charge in [0, 0.05) is 6.07 Å². The average Bonchev–Trinajstić information content (AvgIpc) is 2.44. The molecule has 0 saturated carbocycles. The minimum absolute atomic E-state index is 0.0529. The van der Waals surface area contributed by atoms with Crippen molar-refractivity contribution in [2.24, 2.45) is 0 Å². The molecule has 0 heterocycles. The second-order valence-electron chi connectivity index (χ2n) is 5.14. The lowest BCUT2D eigenvalue weighted by atomic mass is 10.1. The van der Waals surface area contributed by atoms with E-state index in [4.69, 9.17) is 27.2 Å². The van der Waals surface area contributed by atoms with Gasteiger partial charge < -0.3 is 15.6 Å². The van der Waals surface area contributed by atoms with E-state index in [0.717, 1.165) is 12.8 Å². The van der Waals surface area contributed by atoms with Crippen LogP contribution >= 0.6 is 11.6 Å².